The van der Waals surface area contributed by atoms with Gasteiger partial charge in [0, 0.05) is 12.3 Å². The summed E-state index contributed by atoms with van der Waals surface area (Å²) in [5.41, 5.74) is 1.79. The van der Waals surface area contributed by atoms with Crippen LogP contribution in [0.1, 0.15) is 23.0 Å². The van der Waals surface area contributed by atoms with Crippen molar-refractivity contribution in [3.05, 3.63) is 82.8 Å². The molecule has 0 amide bonds. The predicted octanol–water partition coefficient (Wildman–Crippen LogP) is 4.04. The van der Waals surface area contributed by atoms with E-state index in [9.17, 15) is 8.42 Å². The number of benzene rings is 2. The van der Waals surface area contributed by atoms with Gasteiger partial charge >= 0.3 is 0 Å². The van der Waals surface area contributed by atoms with Gasteiger partial charge in [-0.3, -0.25) is 0 Å². The Morgan fingerprint density at radius 3 is 2.31 bits per heavy atom. The van der Waals surface area contributed by atoms with E-state index in [0.29, 0.717) is 16.8 Å². The maximum Gasteiger partial charge on any atom is 0.175 e. The summed E-state index contributed by atoms with van der Waals surface area (Å²) in [6.07, 6.45) is 1.20. The molecule has 2 aromatic carbocycles. The van der Waals surface area contributed by atoms with Crippen LogP contribution in [0.25, 0.3) is 0 Å². The normalized spacial score (nSPS) is 12.6. The van der Waals surface area contributed by atoms with Crippen LogP contribution < -0.4 is 5.32 Å². The van der Waals surface area contributed by atoms with Crippen molar-refractivity contribution >= 4 is 27.3 Å². The van der Waals surface area contributed by atoms with E-state index >= 15 is 0 Å². The van der Waals surface area contributed by atoms with Crippen molar-refractivity contribution in [2.75, 3.05) is 11.6 Å². The van der Waals surface area contributed by atoms with Crippen LogP contribution in [-0.2, 0) is 9.84 Å². The van der Waals surface area contributed by atoms with E-state index in [1.807, 2.05) is 36.4 Å². The molecule has 1 N–H and O–H groups in total. The molecule has 1 aromatic heterocycles. The Bertz CT molecular complexity index is 1000. The van der Waals surface area contributed by atoms with E-state index in [0.717, 1.165) is 11.1 Å². The second kappa shape index (κ2) is 7.43. The lowest BCUT2D eigenvalue weighted by molar-refractivity contribution is 0.601. The van der Waals surface area contributed by atoms with Gasteiger partial charge in [0.05, 0.1) is 10.9 Å². The third kappa shape index (κ3) is 4.39. The van der Waals surface area contributed by atoms with Crippen molar-refractivity contribution in [3.63, 3.8) is 0 Å². The van der Waals surface area contributed by atoms with E-state index in [-0.39, 0.29) is 10.9 Å². The van der Waals surface area contributed by atoms with Gasteiger partial charge in [-0.25, -0.2) is 18.4 Å². The molecule has 0 bridgehead atoms. The molecule has 0 aliphatic carbocycles. The Labute approximate surface area is 158 Å². The molecule has 0 radical (unpaired) electrons. The fourth-order valence-corrected chi connectivity index (χ4v) is 3.58. The lowest BCUT2D eigenvalue weighted by Crippen LogP contribution is -2.14. The van der Waals surface area contributed by atoms with E-state index in [1.165, 1.54) is 6.26 Å². The van der Waals surface area contributed by atoms with Crippen LogP contribution >= 0.6 is 11.6 Å². The summed E-state index contributed by atoms with van der Waals surface area (Å²) in [4.78, 5) is 8.71. The fraction of sp³-hybridized carbons (Fsp3) is 0.158. The minimum atomic E-state index is -3.30. The fourth-order valence-electron chi connectivity index (χ4n) is 2.68. The van der Waals surface area contributed by atoms with Crippen LogP contribution in [0.2, 0.25) is 5.15 Å². The van der Waals surface area contributed by atoms with Crippen molar-refractivity contribution in [2.45, 2.75) is 17.9 Å². The first-order valence-corrected chi connectivity index (χ1v) is 10.2. The number of nitrogens with zero attached hydrogens (tertiary/aromatic N) is 2. The van der Waals surface area contributed by atoms with Gasteiger partial charge in [-0.2, -0.15) is 0 Å². The van der Waals surface area contributed by atoms with Crippen LogP contribution in [0.15, 0.2) is 65.6 Å². The second-order valence-electron chi connectivity index (χ2n) is 5.96. The maximum atomic E-state index is 11.9. The van der Waals surface area contributed by atoms with Gasteiger partial charge < -0.3 is 5.32 Å². The van der Waals surface area contributed by atoms with Crippen LogP contribution in [0.5, 0.6) is 0 Å². The molecule has 0 fully saturated rings. The highest BCUT2D eigenvalue weighted by Gasteiger charge is 2.17. The monoisotopic (exact) mass is 387 g/mol. The molecule has 7 heteroatoms. The Balaban J connectivity index is 2.07. The minimum Gasteiger partial charge on any atom is -0.359 e. The van der Waals surface area contributed by atoms with Crippen molar-refractivity contribution in [3.8, 4) is 0 Å². The summed E-state index contributed by atoms with van der Waals surface area (Å²) in [5.74, 6) is 1.12. The summed E-state index contributed by atoms with van der Waals surface area (Å²) in [7, 11) is -3.30. The van der Waals surface area contributed by atoms with E-state index < -0.39 is 9.84 Å². The second-order valence-corrected chi connectivity index (χ2v) is 8.36. The summed E-state index contributed by atoms with van der Waals surface area (Å²) >= 11 is 6.04. The lowest BCUT2D eigenvalue weighted by Gasteiger charge is -2.21. The molecule has 0 saturated carbocycles. The SMILES string of the molecule is Cc1nc(Cl)cc(NC(c2ccccc2)c2cccc(S(C)(=O)=O)c2)n1. The van der Waals surface area contributed by atoms with Crippen molar-refractivity contribution in [1.82, 2.24) is 9.97 Å². The number of halogens is 1. The van der Waals surface area contributed by atoms with Gasteiger partial charge in [-0.15, -0.1) is 0 Å². The van der Waals surface area contributed by atoms with Crippen LogP contribution in [0.4, 0.5) is 5.82 Å². The average molecular weight is 388 g/mol. The third-order valence-electron chi connectivity index (χ3n) is 3.85. The zero-order valence-electron chi connectivity index (χ0n) is 14.3. The number of aryl methyl sites for hydroxylation is 1. The van der Waals surface area contributed by atoms with E-state index in [4.69, 9.17) is 11.6 Å². The zero-order valence-corrected chi connectivity index (χ0v) is 15.9. The molecule has 1 unspecified atom stereocenters. The van der Waals surface area contributed by atoms with Gasteiger partial charge in [-0.1, -0.05) is 54.1 Å². The van der Waals surface area contributed by atoms with Crippen LogP contribution in [-0.4, -0.2) is 24.6 Å². The Hall–Kier alpha value is -2.44. The number of nitrogens with one attached hydrogen (secondary N) is 1. The lowest BCUT2D eigenvalue weighted by atomic mass is 9.99. The van der Waals surface area contributed by atoms with Crippen molar-refractivity contribution < 1.29 is 8.42 Å². The quantitative estimate of drug-likeness (QED) is 0.669. The predicted molar refractivity (Wildman–Crippen MR) is 103 cm³/mol. The number of hydrogen-bond donors (Lipinski definition) is 1. The summed E-state index contributed by atoms with van der Waals surface area (Å²) < 4.78 is 23.9. The van der Waals surface area contributed by atoms with Gasteiger partial charge in [0.2, 0.25) is 0 Å². The molecular weight excluding hydrogens is 370 g/mol. The first-order valence-electron chi connectivity index (χ1n) is 7.95. The molecule has 26 heavy (non-hydrogen) atoms. The minimum absolute atomic E-state index is 0.273. The highest BCUT2D eigenvalue weighted by molar-refractivity contribution is 7.90. The highest BCUT2D eigenvalue weighted by Crippen LogP contribution is 2.28. The largest absolute Gasteiger partial charge is 0.359 e. The maximum absolute atomic E-state index is 11.9. The average Bonchev–Trinajstić information content (AvgIpc) is 2.59. The van der Waals surface area contributed by atoms with Crippen molar-refractivity contribution in [1.29, 1.82) is 0 Å². The number of anilines is 1. The molecule has 1 heterocycles. The van der Waals surface area contributed by atoms with Gasteiger partial charge in [-0.05, 0) is 30.2 Å². The molecule has 0 saturated heterocycles. The Kier molecular flexibility index (Phi) is 5.25. The molecule has 3 aromatic rings. The standard InChI is InChI=1S/C19H18ClN3O2S/c1-13-21-17(20)12-18(22-13)23-19(14-7-4-3-5-8-14)15-9-6-10-16(11-15)26(2,24)25/h3-12,19H,1-2H3,(H,21,22,23). The van der Waals surface area contributed by atoms with Crippen LogP contribution in [0.3, 0.4) is 0 Å². The Morgan fingerprint density at radius 2 is 1.65 bits per heavy atom. The number of sulfone groups is 1. The van der Waals surface area contributed by atoms with Gasteiger partial charge in [0.15, 0.2) is 9.84 Å². The molecule has 0 aliphatic heterocycles. The molecule has 0 spiro atoms. The van der Waals surface area contributed by atoms with E-state index in [2.05, 4.69) is 15.3 Å². The molecule has 1 atom stereocenters. The van der Waals surface area contributed by atoms with Crippen LogP contribution in [0, 0.1) is 6.92 Å². The molecule has 3 rings (SSSR count). The number of hydrogen-bond acceptors (Lipinski definition) is 5. The summed E-state index contributed by atoms with van der Waals surface area (Å²) in [6.45, 7) is 1.76. The summed E-state index contributed by atoms with van der Waals surface area (Å²) in [5, 5.41) is 3.69. The molecular formula is C19H18ClN3O2S. The highest BCUT2D eigenvalue weighted by atomic mass is 35.5. The van der Waals surface area contributed by atoms with E-state index in [1.54, 1.807) is 31.2 Å². The molecule has 0 aliphatic rings. The topological polar surface area (TPSA) is 72.0 Å². The van der Waals surface area contributed by atoms with Gasteiger partial charge in [0.25, 0.3) is 0 Å². The Morgan fingerprint density at radius 1 is 0.962 bits per heavy atom. The first kappa shape index (κ1) is 18.4. The number of aromatic nitrogens is 2. The number of rotatable bonds is 5. The molecule has 134 valence electrons. The zero-order chi connectivity index (χ0) is 18.7. The molecule has 5 nitrogen and oxygen atoms in total. The summed E-state index contributed by atoms with van der Waals surface area (Å²) in [6, 6.07) is 18.0. The van der Waals surface area contributed by atoms with Gasteiger partial charge in [0.1, 0.15) is 16.8 Å². The third-order valence-corrected chi connectivity index (χ3v) is 5.16. The van der Waals surface area contributed by atoms with Crippen molar-refractivity contribution in [2.24, 2.45) is 0 Å². The first-order chi connectivity index (χ1) is 12.3. The smallest absolute Gasteiger partial charge is 0.175 e.